The first-order valence-corrected chi connectivity index (χ1v) is 9.14. The SMILES string of the molecule is COC1=CC2=CC[C@@H]3C(=CC[C@]4(C)C(C=O)CC[C@@H]34)[C@@]2(C)CC1. The Morgan fingerprint density at radius 1 is 1.26 bits per heavy atom. The van der Waals surface area contributed by atoms with Gasteiger partial charge in [0, 0.05) is 17.8 Å². The van der Waals surface area contributed by atoms with Crippen LogP contribution in [0, 0.1) is 28.6 Å². The third kappa shape index (κ3) is 1.96. The Morgan fingerprint density at radius 2 is 2.09 bits per heavy atom. The Morgan fingerprint density at radius 3 is 2.83 bits per heavy atom. The van der Waals surface area contributed by atoms with Crippen molar-refractivity contribution in [3.8, 4) is 0 Å². The molecule has 124 valence electrons. The number of fused-ring (bicyclic) bond motifs is 5. The van der Waals surface area contributed by atoms with E-state index in [1.807, 2.05) is 0 Å². The predicted octanol–water partition coefficient (Wildman–Crippen LogP) is 4.82. The van der Waals surface area contributed by atoms with Crippen molar-refractivity contribution in [1.29, 1.82) is 0 Å². The van der Waals surface area contributed by atoms with Crippen LogP contribution in [0.15, 0.2) is 35.1 Å². The van der Waals surface area contributed by atoms with Gasteiger partial charge in [0.2, 0.25) is 0 Å². The van der Waals surface area contributed by atoms with Crippen LogP contribution in [0.1, 0.15) is 52.4 Å². The lowest BCUT2D eigenvalue weighted by molar-refractivity contribution is -0.114. The number of carbonyl (C=O) groups is 1. The van der Waals surface area contributed by atoms with Gasteiger partial charge in [0.15, 0.2) is 0 Å². The molecular formula is C21H28O2. The lowest BCUT2D eigenvalue weighted by Gasteiger charge is -2.52. The number of methoxy groups -OCH3 is 1. The Labute approximate surface area is 139 Å². The van der Waals surface area contributed by atoms with Gasteiger partial charge < -0.3 is 9.53 Å². The van der Waals surface area contributed by atoms with Crippen molar-refractivity contribution in [2.24, 2.45) is 28.6 Å². The lowest BCUT2D eigenvalue weighted by Crippen LogP contribution is -2.43. The Kier molecular flexibility index (Phi) is 3.37. The summed E-state index contributed by atoms with van der Waals surface area (Å²) >= 11 is 0. The number of allylic oxidation sites excluding steroid dienone is 6. The highest BCUT2D eigenvalue weighted by atomic mass is 16.5. The molecule has 0 heterocycles. The zero-order valence-corrected chi connectivity index (χ0v) is 14.6. The number of hydrogen-bond acceptors (Lipinski definition) is 2. The van der Waals surface area contributed by atoms with E-state index in [9.17, 15) is 4.79 Å². The fourth-order valence-corrected chi connectivity index (χ4v) is 6.04. The summed E-state index contributed by atoms with van der Waals surface area (Å²) in [4.78, 5) is 11.5. The van der Waals surface area contributed by atoms with Gasteiger partial charge in [0.1, 0.15) is 6.29 Å². The topological polar surface area (TPSA) is 26.3 Å². The van der Waals surface area contributed by atoms with E-state index in [0.29, 0.717) is 11.8 Å². The summed E-state index contributed by atoms with van der Waals surface area (Å²) in [6.45, 7) is 4.79. The van der Waals surface area contributed by atoms with Crippen molar-refractivity contribution in [2.45, 2.75) is 52.4 Å². The van der Waals surface area contributed by atoms with Crippen molar-refractivity contribution in [3.05, 3.63) is 35.1 Å². The fourth-order valence-electron chi connectivity index (χ4n) is 6.04. The van der Waals surface area contributed by atoms with Gasteiger partial charge >= 0.3 is 0 Å². The van der Waals surface area contributed by atoms with Crippen LogP contribution in [0.3, 0.4) is 0 Å². The molecule has 0 amide bonds. The molecule has 1 fully saturated rings. The second-order valence-electron chi connectivity index (χ2n) is 8.44. The van der Waals surface area contributed by atoms with Crippen LogP contribution >= 0.6 is 0 Å². The number of carbonyl (C=O) groups excluding carboxylic acids is 1. The molecule has 0 aromatic rings. The van der Waals surface area contributed by atoms with Crippen molar-refractivity contribution in [2.75, 3.05) is 7.11 Å². The molecule has 2 heteroatoms. The first-order chi connectivity index (χ1) is 11.0. The first-order valence-electron chi connectivity index (χ1n) is 9.14. The van der Waals surface area contributed by atoms with Crippen LogP contribution in [0.5, 0.6) is 0 Å². The third-order valence-corrected chi connectivity index (χ3v) is 7.61. The van der Waals surface area contributed by atoms with E-state index < -0.39 is 0 Å². The van der Waals surface area contributed by atoms with Crippen molar-refractivity contribution < 1.29 is 9.53 Å². The second-order valence-corrected chi connectivity index (χ2v) is 8.44. The first kappa shape index (κ1) is 15.2. The predicted molar refractivity (Wildman–Crippen MR) is 91.7 cm³/mol. The normalized spacial score (nSPS) is 45.0. The largest absolute Gasteiger partial charge is 0.501 e. The summed E-state index contributed by atoms with van der Waals surface area (Å²) in [6, 6.07) is 0. The van der Waals surface area contributed by atoms with Gasteiger partial charge in [-0.2, -0.15) is 0 Å². The summed E-state index contributed by atoms with van der Waals surface area (Å²) in [6.07, 6.45) is 15.2. The molecular weight excluding hydrogens is 284 g/mol. The lowest BCUT2D eigenvalue weighted by atomic mass is 9.52. The van der Waals surface area contributed by atoms with Gasteiger partial charge in [-0.25, -0.2) is 0 Å². The van der Waals surface area contributed by atoms with Crippen LogP contribution in [0.25, 0.3) is 0 Å². The van der Waals surface area contributed by atoms with E-state index in [-0.39, 0.29) is 16.7 Å². The van der Waals surface area contributed by atoms with E-state index >= 15 is 0 Å². The minimum atomic E-state index is 0.186. The van der Waals surface area contributed by atoms with Gasteiger partial charge in [-0.3, -0.25) is 0 Å². The van der Waals surface area contributed by atoms with Crippen molar-refractivity contribution >= 4 is 6.29 Å². The number of aldehydes is 1. The molecule has 4 aliphatic carbocycles. The molecule has 23 heavy (non-hydrogen) atoms. The maximum Gasteiger partial charge on any atom is 0.123 e. The number of rotatable bonds is 2. The smallest absolute Gasteiger partial charge is 0.123 e. The fraction of sp³-hybridized carbons (Fsp3) is 0.667. The molecule has 0 aromatic carbocycles. The molecule has 0 aromatic heterocycles. The molecule has 2 nitrogen and oxygen atoms in total. The van der Waals surface area contributed by atoms with Gasteiger partial charge in [-0.05, 0) is 61.0 Å². The molecule has 0 aliphatic heterocycles. The molecule has 0 radical (unpaired) electrons. The maximum absolute atomic E-state index is 11.5. The summed E-state index contributed by atoms with van der Waals surface area (Å²) < 4.78 is 5.50. The molecule has 5 atom stereocenters. The quantitative estimate of drug-likeness (QED) is 0.539. The Hall–Kier alpha value is -1.31. The highest BCUT2D eigenvalue weighted by Gasteiger charge is 2.55. The highest BCUT2D eigenvalue weighted by Crippen LogP contribution is 2.63. The maximum atomic E-state index is 11.5. The standard InChI is InChI=1S/C21H28O2/c1-20-10-8-16(23-3)12-14(20)4-6-17-18-7-5-15(13-22)21(18,2)11-9-19(17)20/h4,9,12-13,15,17-18H,5-8,10-11H2,1-3H3/t15?,17-,18-,20-,21+/m0/s1. The van der Waals surface area contributed by atoms with E-state index in [0.717, 1.165) is 37.9 Å². The molecule has 4 rings (SSSR count). The average Bonchev–Trinajstić information content (AvgIpc) is 2.90. The molecule has 0 saturated heterocycles. The van der Waals surface area contributed by atoms with E-state index in [4.69, 9.17) is 4.74 Å². The molecule has 1 saturated carbocycles. The summed E-state index contributed by atoms with van der Waals surface area (Å²) in [5.74, 6) is 2.70. The Balaban J connectivity index is 1.74. The third-order valence-electron chi connectivity index (χ3n) is 7.61. The van der Waals surface area contributed by atoms with Crippen molar-refractivity contribution in [1.82, 2.24) is 0 Å². The average molecular weight is 312 g/mol. The summed E-state index contributed by atoms with van der Waals surface area (Å²) in [7, 11) is 1.78. The van der Waals surface area contributed by atoms with E-state index in [1.165, 1.54) is 18.3 Å². The Bertz CT molecular complexity index is 626. The highest BCUT2D eigenvalue weighted by molar-refractivity contribution is 5.57. The minimum Gasteiger partial charge on any atom is -0.501 e. The zero-order valence-electron chi connectivity index (χ0n) is 14.6. The van der Waals surface area contributed by atoms with Gasteiger partial charge in [-0.15, -0.1) is 0 Å². The van der Waals surface area contributed by atoms with Gasteiger partial charge in [0.05, 0.1) is 12.9 Å². The van der Waals surface area contributed by atoms with Crippen LogP contribution in [-0.2, 0) is 9.53 Å². The molecule has 1 unspecified atom stereocenters. The van der Waals surface area contributed by atoms with E-state index in [2.05, 4.69) is 32.1 Å². The van der Waals surface area contributed by atoms with Gasteiger partial charge in [0.25, 0.3) is 0 Å². The van der Waals surface area contributed by atoms with Gasteiger partial charge in [-0.1, -0.05) is 31.6 Å². The monoisotopic (exact) mass is 312 g/mol. The molecule has 0 spiro atoms. The van der Waals surface area contributed by atoms with Crippen LogP contribution in [-0.4, -0.2) is 13.4 Å². The summed E-state index contributed by atoms with van der Waals surface area (Å²) in [5.41, 5.74) is 3.50. The zero-order chi connectivity index (χ0) is 16.2. The molecule has 4 aliphatic rings. The minimum absolute atomic E-state index is 0.186. The number of hydrogen-bond donors (Lipinski definition) is 0. The molecule has 0 N–H and O–H groups in total. The number of ether oxygens (including phenoxy) is 1. The second kappa shape index (κ2) is 5.09. The van der Waals surface area contributed by atoms with Crippen LogP contribution in [0.4, 0.5) is 0 Å². The van der Waals surface area contributed by atoms with Crippen molar-refractivity contribution in [3.63, 3.8) is 0 Å². The van der Waals surface area contributed by atoms with Crippen LogP contribution < -0.4 is 0 Å². The molecule has 0 bridgehead atoms. The van der Waals surface area contributed by atoms with Crippen LogP contribution in [0.2, 0.25) is 0 Å². The summed E-state index contributed by atoms with van der Waals surface area (Å²) in [5, 5.41) is 0. The van der Waals surface area contributed by atoms with E-state index in [1.54, 1.807) is 12.7 Å².